The molecule has 0 radical (unpaired) electrons. The van der Waals surface area contributed by atoms with E-state index in [-0.39, 0.29) is 12.4 Å². The summed E-state index contributed by atoms with van der Waals surface area (Å²) in [7, 11) is 0. The molecule has 0 bridgehead atoms. The van der Waals surface area contributed by atoms with Gasteiger partial charge in [-0.3, -0.25) is 5.32 Å². The van der Waals surface area contributed by atoms with E-state index in [0.29, 0.717) is 5.65 Å². The van der Waals surface area contributed by atoms with Crippen LogP contribution in [0.5, 0.6) is 0 Å². The number of hydrogen-bond donors (Lipinski definition) is 1. The van der Waals surface area contributed by atoms with Crippen molar-refractivity contribution in [3.8, 4) is 0 Å². The second-order valence-electron chi connectivity index (χ2n) is 6.96. The van der Waals surface area contributed by atoms with Gasteiger partial charge in [-0.2, -0.15) is 0 Å². The van der Waals surface area contributed by atoms with Crippen molar-refractivity contribution >= 4 is 29.0 Å². The van der Waals surface area contributed by atoms with Crippen molar-refractivity contribution in [1.29, 1.82) is 0 Å². The van der Waals surface area contributed by atoms with Crippen molar-refractivity contribution in [3.63, 3.8) is 0 Å². The number of nitrogens with one attached hydrogen (secondary N) is 1. The van der Waals surface area contributed by atoms with E-state index in [2.05, 4.69) is 10.3 Å². The van der Waals surface area contributed by atoms with Crippen molar-refractivity contribution in [2.24, 2.45) is 0 Å². The van der Waals surface area contributed by atoms with Gasteiger partial charge in [-0.25, -0.2) is 19.1 Å². The van der Waals surface area contributed by atoms with E-state index >= 15 is 0 Å². The Bertz CT molecular complexity index is 958. The number of aromatic nitrogens is 2. The molecular weight excluding hydrogens is 346 g/mol. The highest BCUT2D eigenvalue weighted by Gasteiger charge is 2.17. The van der Waals surface area contributed by atoms with Crippen molar-refractivity contribution in [2.45, 2.75) is 33.0 Å². The first kappa shape index (κ1) is 18.4. The van der Waals surface area contributed by atoms with Gasteiger partial charge in [0.2, 0.25) is 0 Å². The normalized spacial score (nSPS) is 11.2. The van der Waals surface area contributed by atoms with Crippen LogP contribution in [0.3, 0.4) is 0 Å². The molecule has 27 heavy (non-hydrogen) atoms. The lowest BCUT2D eigenvalue weighted by atomic mass is 10.2. The number of ether oxygens (including phenoxy) is 2. The first-order chi connectivity index (χ1) is 12.8. The lowest BCUT2D eigenvalue weighted by Crippen LogP contribution is -2.27. The van der Waals surface area contributed by atoms with Gasteiger partial charge in [0.05, 0.1) is 0 Å². The second-order valence-corrected chi connectivity index (χ2v) is 6.96. The first-order valence-electron chi connectivity index (χ1n) is 8.51. The summed E-state index contributed by atoms with van der Waals surface area (Å²) in [5.41, 5.74) is 0.666. The minimum absolute atomic E-state index is 0.162. The fraction of sp³-hybridized carbons (Fsp3) is 0.250. The minimum Gasteiger partial charge on any atom is -0.444 e. The topological polar surface area (TPSA) is 82.5 Å². The summed E-state index contributed by atoms with van der Waals surface area (Å²) in [5.74, 6) is 0.285. The van der Waals surface area contributed by atoms with Gasteiger partial charge < -0.3 is 9.47 Å². The summed E-state index contributed by atoms with van der Waals surface area (Å²) in [6.45, 7) is 5.49. The third-order valence-corrected chi connectivity index (χ3v) is 3.57. The van der Waals surface area contributed by atoms with Crippen LogP contribution in [-0.4, -0.2) is 27.3 Å². The monoisotopic (exact) mass is 367 g/mol. The quantitative estimate of drug-likeness (QED) is 0.733. The molecule has 0 aliphatic heterocycles. The molecule has 0 saturated carbocycles. The van der Waals surface area contributed by atoms with E-state index in [9.17, 15) is 9.59 Å². The first-order valence-corrected chi connectivity index (χ1v) is 8.51. The molecule has 0 aliphatic carbocycles. The molecule has 0 fully saturated rings. The number of carbonyl (C=O) groups excluding carboxylic acids is 2. The molecule has 7 heteroatoms. The molecule has 1 N–H and O–H groups in total. The van der Waals surface area contributed by atoms with E-state index in [1.54, 1.807) is 45.2 Å². The van der Waals surface area contributed by atoms with E-state index < -0.39 is 17.8 Å². The molecule has 2 heterocycles. The van der Waals surface area contributed by atoms with Crippen molar-refractivity contribution < 1.29 is 19.1 Å². The fourth-order valence-corrected chi connectivity index (χ4v) is 2.42. The average molecular weight is 367 g/mol. The predicted octanol–water partition coefficient (Wildman–Crippen LogP) is 4.57. The average Bonchev–Trinajstić information content (AvgIpc) is 3.02. The molecule has 0 unspecified atom stereocenters. The SMILES string of the molecule is CC(C)(C)OC(=O)Nc1ccc2ccn(C(=O)OCc3ccccc3)c2n1. The smallest absolute Gasteiger partial charge is 0.420 e. The molecular formula is C20H21N3O4. The Morgan fingerprint density at radius 2 is 1.81 bits per heavy atom. The van der Waals surface area contributed by atoms with Gasteiger partial charge in [0.25, 0.3) is 0 Å². The zero-order chi connectivity index (χ0) is 19.4. The number of benzene rings is 1. The number of rotatable bonds is 3. The van der Waals surface area contributed by atoms with Crippen LogP contribution in [0.1, 0.15) is 26.3 Å². The Labute approximate surface area is 156 Å². The van der Waals surface area contributed by atoms with E-state index in [1.165, 1.54) is 4.57 Å². The molecule has 2 aromatic heterocycles. The van der Waals surface area contributed by atoms with Crippen LogP contribution >= 0.6 is 0 Å². The van der Waals surface area contributed by atoms with Gasteiger partial charge in [0.15, 0.2) is 5.65 Å². The van der Waals surface area contributed by atoms with Crippen molar-refractivity contribution in [1.82, 2.24) is 9.55 Å². The van der Waals surface area contributed by atoms with E-state index in [0.717, 1.165) is 10.9 Å². The van der Waals surface area contributed by atoms with Crippen LogP contribution in [0, 0.1) is 0 Å². The van der Waals surface area contributed by atoms with Gasteiger partial charge >= 0.3 is 12.2 Å². The summed E-state index contributed by atoms with van der Waals surface area (Å²) in [4.78, 5) is 28.6. The summed E-state index contributed by atoms with van der Waals surface area (Å²) >= 11 is 0. The van der Waals surface area contributed by atoms with Gasteiger partial charge in [0, 0.05) is 11.6 Å². The second kappa shape index (κ2) is 7.49. The van der Waals surface area contributed by atoms with Crippen LogP contribution in [0.25, 0.3) is 11.0 Å². The summed E-state index contributed by atoms with van der Waals surface area (Å²) in [6, 6.07) is 14.6. The highest BCUT2D eigenvalue weighted by Crippen LogP contribution is 2.18. The summed E-state index contributed by atoms with van der Waals surface area (Å²) in [6.07, 6.45) is 0.428. The maximum absolute atomic E-state index is 12.4. The molecule has 140 valence electrons. The van der Waals surface area contributed by atoms with Gasteiger partial charge in [0.1, 0.15) is 18.0 Å². The van der Waals surface area contributed by atoms with Crippen LogP contribution < -0.4 is 5.32 Å². The van der Waals surface area contributed by atoms with E-state index in [1.807, 2.05) is 30.3 Å². The number of pyridine rings is 1. The maximum atomic E-state index is 12.4. The standard InChI is InChI=1S/C20H21N3O4/c1-20(2,3)27-18(24)22-16-10-9-15-11-12-23(17(15)21-16)19(25)26-13-14-7-5-4-6-8-14/h4-12H,13H2,1-3H3,(H,21,22,24). The highest BCUT2D eigenvalue weighted by molar-refractivity contribution is 5.90. The lowest BCUT2D eigenvalue weighted by molar-refractivity contribution is 0.0635. The van der Waals surface area contributed by atoms with Crippen LogP contribution in [0.15, 0.2) is 54.7 Å². The van der Waals surface area contributed by atoms with Crippen LogP contribution in [0.2, 0.25) is 0 Å². The maximum Gasteiger partial charge on any atom is 0.420 e. The fourth-order valence-electron chi connectivity index (χ4n) is 2.42. The molecule has 1 amide bonds. The number of fused-ring (bicyclic) bond motifs is 1. The Kier molecular flexibility index (Phi) is 5.12. The van der Waals surface area contributed by atoms with Crippen molar-refractivity contribution in [3.05, 3.63) is 60.3 Å². The predicted molar refractivity (Wildman–Crippen MR) is 102 cm³/mol. The summed E-state index contributed by atoms with van der Waals surface area (Å²) in [5, 5.41) is 3.32. The van der Waals surface area contributed by atoms with Gasteiger partial charge in [-0.1, -0.05) is 30.3 Å². The molecule has 0 spiro atoms. The largest absolute Gasteiger partial charge is 0.444 e. The number of hydrogen-bond acceptors (Lipinski definition) is 5. The Morgan fingerprint density at radius 3 is 2.52 bits per heavy atom. The van der Waals surface area contributed by atoms with E-state index in [4.69, 9.17) is 9.47 Å². The van der Waals surface area contributed by atoms with Crippen LogP contribution in [-0.2, 0) is 16.1 Å². The minimum atomic E-state index is -0.615. The third kappa shape index (κ3) is 4.84. The Hall–Kier alpha value is -3.35. The number of amides is 1. The molecule has 1 aromatic carbocycles. The third-order valence-electron chi connectivity index (χ3n) is 3.57. The van der Waals surface area contributed by atoms with Gasteiger partial charge in [-0.15, -0.1) is 0 Å². The molecule has 0 atom stereocenters. The van der Waals surface area contributed by atoms with Gasteiger partial charge in [-0.05, 0) is 44.5 Å². The zero-order valence-electron chi connectivity index (χ0n) is 15.4. The number of nitrogens with zero attached hydrogens (tertiary/aromatic N) is 2. The molecule has 0 saturated heterocycles. The highest BCUT2D eigenvalue weighted by atomic mass is 16.6. The zero-order valence-corrected chi connectivity index (χ0v) is 15.4. The van der Waals surface area contributed by atoms with Crippen molar-refractivity contribution in [2.75, 3.05) is 5.32 Å². The molecule has 0 aliphatic rings. The van der Waals surface area contributed by atoms with Crippen LogP contribution in [0.4, 0.5) is 15.4 Å². The number of anilines is 1. The number of carbonyl (C=O) groups is 2. The molecule has 7 nitrogen and oxygen atoms in total. The molecule has 3 aromatic rings. The Morgan fingerprint density at radius 1 is 1.07 bits per heavy atom. The summed E-state index contributed by atoms with van der Waals surface area (Å²) < 4.78 is 11.9. The molecule has 3 rings (SSSR count). The Balaban J connectivity index is 1.74. The lowest BCUT2D eigenvalue weighted by Gasteiger charge is -2.19.